The van der Waals surface area contributed by atoms with Crippen LogP contribution < -0.4 is 0 Å². The molecular formula is C16H14OS. The van der Waals surface area contributed by atoms with Gasteiger partial charge < -0.3 is 0 Å². The van der Waals surface area contributed by atoms with E-state index in [0.717, 1.165) is 24.0 Å². The molecule has 0 radical (unpaired) electrons. The molecule has 0 spiro atoms. The average molecular weight is 254 g/mol. The number of benzene rings is 1. The largest absolute Gasteiger partial charge is 0.289 e. The van der Waals surface area contributed by atoms with Crippen molar-refractivity contribution in [1.29, 1.82) is 0 Å². The van der Waals surface area contributed by atoms with E-state index in [1.165, 1.54) is 17.5 Å². The molecule has 18 heavy (non-hydrogen) atoms. The van der Waals surface area contributed by atoms with Gasteiger partial charge in [0.15, 0.2) is 5.78 Å². The summed E-state index contributed by atoms with van der Waals surface area (Å²) in [5.74, 6) is 0.0934. The maximum Gasteiger partial charge on any atom is 0.185 e. The number of allylic oxidation sites excluding steroid dienone is 1. The zero-order valence-electron chi connectivity index (χ0n) is 10.1. The molecule has 1 heterocycles. The van der Waals surface area contributed by atoms with E-state index >= 15 is 0 Å². The molecule has 0 aliphatic heterocycles. The van der Waals surface area contributed by atoms with Crippen LogP contribution in [-0.4, -0.2) is 5.78 Å². The maximum absolute atomic E-state index is 12.1. The van der Waals surface area contributed by atoms with Crippen LogP contribution in [0.3, 0.4) is 0 Å². The normalized spacial score (nSPS) is 14.0. The summed E-state index contributed by atoms with van der Waals surface area (Å²) in [6.45, 7) is 0. The molecule has 0 bridgehead atoms. The second-order valence-electron chi connectivity index (χ2n) is 4.59. The van der Waals surface area contributed by atoms with Gasteiger partial charge in [0.2, 0.25) is 0 Å². The Morgan fingerprint density at radius 3 is 2.89 bits per heavy atom. The van der Waals surface area contributed by atoms with Crippen molar-refractivity contribution in [3.8, 4) is 0 Å². The summed E-state index contributed by atoms with van der Waals surface area (Å²) < 4.78 is 0. The monoisotopic (exact) mass is 254 g/mol. The molecule has 0 fully saturated rings. The highest BCUT2D eigenvalue weighted by molar-refractivity contribution is 7.08. The number of rotatable bonds is 3. The summed E-state index contributed by atoms with van der Waals surface area (Å²) in [6.07, 6.45) is 7.04. The Bertz CT molecular complexity index is 594. The number of thiophene rings is 1. The van der Waals surface area contributed by atoms with Crippen LogP contribution in [-0.2, 0) is 12.8 Å². The number of hydrogen-bond acceptors (Lipinski definition) is 2. The Hall–Kier alpha value is -1.67. The Balaban J connectivity index is 1.80. The summed E-state index contributed by atoms with van der Waals surface area (Å²) in [5.41, 5.74) is 4.66. The van der Waals surface area contributed by atoms with Gasteiger partial charge in [-0.25, -0.2) is 0 Å². The predicted molar refractivity (Wildman–Crippen MR) is 76.2 cm³/mol. The van der Waals surface area contributed by atoms with Crippen molar-refractivity contribution in [2.45, 2.75) is 19.3 Å². The van der Waals surface area contributed by atoms with Gasteiger partial charge in [-0.1, -0.05) is 18.2 Å². The lowest BCUT2D eigenvalue weighted by Crippen LogP contribution is -1.96. The van der Waals surface area contributed by atoms with Crippen molar-refractivity contribution in [3.05, 3.63) is 63.4 Å². The SMILES string of the molecule is O=C(/C=C/c1ccsc1)c1ccc2c(c1)CCC2. The van der Waals surface area contributed by atoms with Crippen molar-refractivity contribution in [2.75, 3.05) is 0 Å². The quantitative estimate of drug-likeness (QED) is 0.594. The van der Waals surface area contributed by atoms with Gasteiger partial charge in [0, 0.05) is 5.56 Å². The third kappa shape index (κ3) is 2.29. The number of aryl methyl sites for hydroxylation is 2. The van der Waals surface area contributed by atoms with E-state index in [1.54, 1.807) is 17.4 Å². The van der Waals surface area contributed by atoms with E-state index in [2.05, 4.69) is 12.1 Å². The maximum atomic E-state index is 12.1. The lowest BCUT2D eigenvalue weighted by Gasteiger charge is -2.01. The molecule has 1 aromatic heterocycles. The van der Waals surface area contributed by atoms with Gasteiger partial charge in [0.05, 0.1) is 0 Å². The zero-order valence-corrected chi connectivity index (χ0v) is 10.9. The third-order valence-electron chi connectivity index (χ3n) is 3.35. The molecule has 2 heteroatoms. The van der Waals surface area contributed by atoms with Crippen molar-refractivity contribution >= 4 is 23.2 Å². The molecule has 3 rings (SSSR count). The van der Waals surface area contributed by atoms with Crippen LogP contribution in [0.25, 0.3) is 6.08 Å². The van der Waals surface area contributed by atoms with Crippen LogP contribution in [0.5, 0.6) is 0 Å². The minimum atomic E-state index is 0.0934. The van der Waals surface area contributed by atoms with Gasteiger partial charge in [-0.15, -0.1) is 0 Å². The summed E-state index contributed by atoms with van der Waals surface area (Å²) >= 11 is 1.64. The third-order valence-corrected chi connectivity index (χ3v) is 4.05. The fourth-order valence-corrected chi connectivity index (χ4v) is 2.99. The van der Waals surface area contributed by atoms with E-state index in [4.69, 9.17) is 0 Å². The highest BCUT2D eigenvalue weighted by Crippen LogP contribution is 2.23. The van der Waals surface area contributed by atoms with E-state index < -0.39 is 0 Å². The summed E-state index contributed by atoms with van der Waals surface area (Å²) in [4.78, 5) is 12.1. The smallest absolute Gasteiger partial charge is 0.185 e. The van der Waals surface area contributed by atoms with Crippen molar-refractivity contribution in [1.82, 2.24) is 0 Å². The molecule has 1 aromatic carbocycles. The van der Waals surface area contributed by atoms with E-state index in [0.29, 0.717) is 0 Å². The van der Waals surface area contributed by atoms with E-state index in [1.807, 2.05) is 29.0 Å². The van der Waals surface area contributed by atoms with E-state index in [9.17, 15) is 4.79 Å². The molecule has 2 aromatic rings. The number of carbonyl (C=O) groups excluding carboxylic acids is 1. The summed E-state index contributed by atoms with van der Waals surface area (Å²) in [5, 5.41) is 4.05. The first-order valence-electron chi connectivity index (χ1n) is 6.19. The summed E-state index contributed by atoms with van der Waals surface area (Å²) in [6, 6.07) is 8.12. The van der Waals surface area contributed by atoms with Crippen LogP contribution in [0, 0.1) is 0 Å². The van der Waals surface area contributed by atoms with Crippen LogP contribution in [0.4, 0.5) is 0 Å². The highest BCUT2D eigenvalue weighted by atomic mass is 32.1. The van der Waals surface area contributed by atoms with Gasteiger partial charge in [0.25, 0.3) is 0 Å². The second kappa shape index (κ2) is 4.91. The van der Waals surface area contributed by atoms with Gasteiger partial charge in [0.1, 0.15) is 0 Å². The minimum Gasteiger partial charge on any atom is -0.289 e. The Kier molecular flexibility index (Phi) is 3.11. The zero-order chi connectivity index (χ0) is 12.4. The fourth-order valence-electron chi connectivity index (χ4n) is 2.36. The molecular weight excluding hydrogens is 240 g/mol. The first kappa shape index (κ1) is 11.4. The lowest BCUT2D eigenvalue weighted by atomic mass is 10.0. The Labute approximate surface area is 111 Å². The highest BCUT2D eigenvalue weighted by Gasteiger charge is 2.12. The molecule has 90 valence electrons. The fraction of sp³-hybridized carbons (Fsp3) is 0.188. The lowest BCUT2D eigenvalue weighted by molar-refractivity contribution is 0.104. The molecule has 0 unspecified atom stereocenters. The number of carbonyl (C=O) groups is 1. The van der Waals surface area contributed by atoms with Gasteiger partial charge >= 0.3 is 0 Å². The topological polar surface area (TPSA) is 17.1 Å². The van der Waals surface area contributed by atoms with Gasteiger partial charge in [-0.05, 0) is 64.9 Å². The molecule has 1 aliphatic carbocycles. The van der Waals surface area contributed by atoms with Crippen LogP contribution in [0.2, 0.25) is 0 Å². The number of ketones is 1. The van der Waals surface area contributed by atoms with E-state index in [-0.39, 0.29) is 5.78 Å². The number of fused-ring (bicyclic) bond motifs is 1. The van der Waals surface area contributed by atoms with Crippen LogP contribution >= 0.6 is 11.3 Å². The molecule has 1 aliphatic rings. The summed E-state index contributed by atoms with van der Waals surface area (Å²) in [7, 11) is 0. The van der Waals surface area contributed by atoms with Gasteiger partial charge in [-0.2, -0.15) is 11.3 Å². The first-order valence-corrected chi connectivity index (χ1v) is 7.13. The average Bonchev–Trinajstić information content (AvgIpc) is 3.05. The Morgan fingerprint density at radius 2 is 2.06 bits per heavy atom. The predicted octanol–water partition coefficient (Wildman–Crippen LogP) is 4.13. The van der Waals surface area contributed by atoms with Crippen LogP contribution in [0.1, 0.15) is 33.5 Å². The standard InChI is InChI=1S/C16H14OS/c17-16(7-4-12-8-9-18-11-12)15-6-5-13-2-1-3-14(13)10-15/h4-11H,1-3H2/b7-4+. The molecule has 0 N–H and O–H groups in total. The number of hydrogen-bond donors (Lipinski definition) is 0. The second-order valence-corrected chi connectivity index (χ2v) is 5.37. The van der Waals surface area contributed by atoms with Crippen molar-refractivity contribution in [2.24, 2.45) is 0 Å². The molecule has 0 saturated heterocycles. The first-order chi connectivity index (χ1) is 8.83. The van der Waals surface area contributed by atoms with Crippen LogP contribution in [0.15, 0.2) is 41.1 Å². The molecule has 0 atom stereocenters. The Morgan fingerprint density at radius 1 is 1.17 bits per heavy atom. The van der Waals surface area contributed by atoms with Crippen molar-refractivity contribution in [3.63, 3.8) is 0 Å². The van der Waals surface area contributed by atoms with Crippen molar-refractivity contribution < 1.29 is 4.79 Å². The van der Waals surface area contributed by atoms with Gasteiger partial charge in [-0.3, -0.25) is 4.79 Å². The molecule has 0 amide bonds. The molecule has 0 saturated carbocycles. The molecule has 1 nitrogen and oxygen atoms in total. The minimum absolute atomic E-state index is 0.0934.